The largest absolute Gasteiger partial charge is 0.726 e. The summed E-state index contributed by atoms with van der Waals surface area (Å²) in [6.45, 7) is 0.263. The second kappa shape index (κ2) is 6.09. The molecule has 1 amide bonds. The zero-order valence-electron chi connectivity index (χ0n) is 9.79. The van der Waals surface area contributed by atoms with Gasteiger partial charge in [0.25, 0.3) is 0 Å². The summed E-state index contributed by atoms with van der Waals surface area (Å²) in [4.78, 5) is 10.8. The number of aliphatic hydroxyl groups is 3. The first-order valence-electron chi connectivity index (χ1n) is 5.19. The molecule has 1 rings (SSSR count). The van der Waals surface area contributed by atoms with E-state index in [0.717, 1.165) is 6.92 Å². The molecule has 0 bridgehead atoms. The molecular weight excluding hydrogens is 286 g/mol. The van der Waals surface area contributed by atoms with Crippen LogP contribution in [0.5, 0.6) is 0 Å². The molecule has 0 saturated carbocycles. The molecule has 19 heavy (non-hydrogen) atoms. The zero-order valence-corrected chi connectivity index (χ0v) is 10.6. The van der Waals surface area contributed by atoms with Gasteiger partial charge in [-0.1, -0.05) is 0 Å². The van der Waals surface area contributed by atoms with Crippen molar-refractivity contribution in [2.24, 2.45) is 0 Å². The number of rotatable bonds is 4. The maximum atomic E-state index is 10.8. The van der Waals surface area contributed by atoms with Gasteiger partial charge in [-0.3, -0.25) is 8.98 Å². The Balaban J connectivity index is 2.69. The second-order valence-corrected chi connectivity index (χ2v) is 5.02. The summed E-state index contributed by atoms with van der Waals surface area (Å²) in [7, 11) is -4.99. The van der Waals surface area contributed by atoms with Gasteiger partial charge in [-0.05, 0) is 0 Å². The van der Waals surface area contributed by atoms with Crippen molar-refractivity contribution in [3.63, 3.8) is 0 Å². The van der Waals surface area contributed by atoms with E-state index in [2.05, 4.69) is 9.50 Å². The summed E-state index contributed by atoms with van der Waals surface area (Å²) < 4.78 is 39.4. The fourth-order valence-corrected chi connectivity index (χ4v) is 1.93. The fourth-order valence-electron chi connectivity index (χ4n) is 1.62. The maximum Gasteiger partial charge on any atom is 0.217 e. The van der Waals surface area contributed by atoms with Crippen LogP contribution in [0.15, 0.2) is 0 Å². The molecule has 1 fully saturated rings. The van der Waals surface area contributed by atoms with Crippen LogP contribution in [-0.4, -0.2) is 71.4 Å². The number of carbonyl (C=O) groups is 1. The normalized spacial score (nSPS) is 35.9. The maximum absolute atomic E-state index is 10.8. The number of hydrogen-bond acceptors (Lipinski definition) is 9. The van der Waals surface area contributed by atoms with Crippen molar-refractivity contribution in [2.45, 2.75) is 37.6 Å². The molecule has 10 nitrogen and oxygen atoms in total. The minimum atomic E-state index is -4.99. The number of hydrogen-bond donors (Lipinski definition) is 4. The summed E-state index contributed by atoms with van der Waals surface area (Å²) in [6.07, 6.45) is -6.39. The fraction of sp³-hybridized carbons (Fsp3) is 0.875. The zero-order chi connectivity index (χ0) is 14.8. The van der Waals surface area contributed by atoms with E-state index >= 15 is 0 Å². The van der Waals surface area contributed by atoms with Crippen molar-refractivity contribution in [3.8, 4) is 0 Å². The van der Waals surface area contributed by atoms with E-state index in [4.69, 9.17) is 4.74 Å². The Kier molecular flexibility index (Phi) is 5.20. The summed E-state index contributed by atoms with van der Waals surface area (Å²) in [5.41, 5.74) is 0. The topological polar surface area (TPSA) is 165 Å². The van der Waals surface area contributed by atoms with Gasteiger partial charge in [-0.15, -0.1) is 0 Å². The van der Waals surface area contributed by atoms with Crippen LogP contribution in [0.1, 0.15) is 6.92 Å². The van der Waals surface area contributed by atoms with Gasteiger partial charge in [0, 0.05) is 6.92 Å². The van der Waals surface area contributed by atoms with Crippen molar-refractivity contribution < 1.29 is 42.0 Å². The number of amides is 1. The molecule has 1 aliphatic rings. The minimum absolute atomic E-state index is 0.573. The van der Waals surface area contributed by atoms with Crippen molar-refractivity contribution >= 4 is 16.3 Å². The van der Waals surface area contributed by atoms with Crippen LogP contribution in [-0.2, 0) is 24.1 Å². The minimum Gasteiger partial charge on any atom is -0.726 e. The van der Waals surface area contributed by atoms with E-state index in [1.807, 2.05) is 0 Å². The lowest BCUT2D eigenvalue weighted by molar-refractivity contribution is -0.252. The third-order valence-corrected chi connectivity index (χ3v) is 2.89. The molecule has 1 aliphatic heterocycles. The molecule has 4 N–H and O–H groups in total. The molecule has 0 aromatic carbocycles. The molecule has 1 heterocycles. The lowest BCUT2D eigenvalue weighted by Crippen LogP contribution is -2.64. The highest BCUT2D eigenvalue weighted by Gasteiger charge is 2.44. The van der Waals surface area contributed by atoms with Crippen LogP contribution in [0.2, 0.25) is 0 Å². The standard InChI is InChI=1S/C8H15NO9S/c1-3(10)9-5-7(12)6(11)4(18-8(5)13)2-17-19(14,15)16/h4-8,11-13H,2H2,1H3,(H,9,10)(H,14,15,16)/p-1/t4?,5?,6-,7-,8-/m1/s1. The van der Waals surface area contributed by atoms with E-state index in [0.29, 0.717) is 0 Å². The van der Waals surface area contributed by atoms with E-state index < -0.39 is 53.6 Å². The van der Waals surface area contributed by atoms with E-state index in [1.165, 1.54) is 0 Å². The second-order valence-electron chi connectivity index (χ2n) is 3.97. The number of nitrogens with one attached hydrogen (secondary N) is 1. The number of carbonyl (C=O) groups excluding carboxylic acids is 1. The van der Waals surface area contributed by atoms with Gasteiger partial charge in [0.05, 0.1) is 6.61 Å². The average molecular weight is 300 g/mol. The van der Waals surface area contributed by atoms with Crippen LogP contribution < -0.4 is 5.32 Å². The molecule has 11 heteroatoms. The Labute approximate surface area is 108 Å². The van der Waals surface area contributed by atoms with E-state index in [-0.39, 0.29) is 0 Å². The summed E-state index contributed by atoms with van der Waals surface area (Å²) in [6, 6.07) is -1.28. The Hall–Kier alpha value is -0.820. The van der Waals surface area contributed by atoms with Gasteiger partial charge >= 0.3 is 0 Å². The smallest absolute Gasteiger partial charge is 0.217 e. The van der Waals surface area contributed by atoms with E-state index in [1.54, 1.807) is 0 Å². The first kappa shape index (κ1) is 16.2. The third-order valence-electron chi connectivity index (χ3n) is 2.47. The number of ether oxygens (including phenoxy) is 1. The highest BCUT2D eigenvalue weighted by Crippen LogP contribution is 2.20. The third kappa shape index (κ3) is 4.65. The van der Waals surface area contributed by atoms with Crippen LogP contribution >= 0.6 is 0 Å². The van der Waals surface area contributed by atoms with Crippen molar-refractivity contribution in [1.29, 1.82) is 0 Å². The Morgan fingerprint density at radius 3 is 2.42 bits per heavy atom. The van der Waals surface area contributed by atoms with Gasteiger partial charge < -0.3 is 29.9 Å². The van der Waals surface area contributed by atoms with Gasteiger partial charge in [0.1, 0.15) is 24.4 Å². The van der Waals surface area contributed by atoms with Gasteiger partial charge in [-0.2, -0.15) is 0 Å². The predicted octanol–water partition coefficient (Wildman–Crippen LogP) is -3.59. The molecule has 1 saturated heterocycles. The molecule has 112 valence electrons. The van der Waals surface area contributed by atoms with Gasteiger partial charge in [-0.25, -0.2) is 8.42 Å². The van der Waals surface area contributed by atoms with Crippen molar-refractivity contribution in [1.82, 2.24) is 5.32 Å². The quantitative estimate of drug-likeness (QED) is 0.303. The van der Waals surface area contributed by atoms with Gasteiger partial charge in [0.2, 0.25) is 16.3 Å². The lowest BCUT2D eigenvalue weighted by Gasteiger charge is -2.40. The molecule has 0 aromatic rings. The summed E-state index contributed by atoms with van der Waals surface area (Å²) >= 11 is 0. The summed E-state index contributed by atoms with van der Waals surface area (Å²) in [5.74, 6) is -0.573. The van der Waals surface area contributed by atoms with Crippen LogP contribution in [0, 0.1) is 0 Å². The highest BCUT2D eigenvalue weighted by atomic mass is 32.3. The summed E-state index contributed by atoms with van der Waals surface area (Å²) in [5, 5.41) is 31.0. The molecule has 0 aliphatic carbocycles. The molecular formula is C8H14NO9S-. The van der Waals surface area contributed by atoms with Crippen molar-refractivity contribution in [3.05, 3.63) is 0 Å². The van der Waals surface area contributed by atoms with Crippen molar-refractivity contribution in [2.75, 3.05) is 6.61 Å². The molecule has 0 spiro atoms. The van der Waals surface area contributed by atoms with Gasteiger partial charge in [0.15, 0.2) is 6.29 Å². The SMILES string of the molecule is CC(=O)NC1[C@H](O)OC(COS(=O)(=O)[O-])[C@@H](O)[C@@H]1O. The average Bonchev–Trinajstić information content (AvgIpc) is 2.26. The van der Waals surface area contributed by atoms with E-state index in [9.17, 15) is 33.1 Å². The Morgan fingerprint density at radius 1 is 1.37 bits per heavy atom. The Bertz CT molecular complexity index is 424. The molecule has 0 aromatic heterocycles. The first-order valence-corrected chi connectivity index (χ1v) is 6.52. The van der Waals surface area contributed by atoms with Crippen LogP contribution in [0.3, 0.4) is 0 Å². The molecule has 0 radical (unpaired) electrons. The molecule has 5 atom stereocenters. The molecule has 2 unspecified atom stereocenters. The lowest BCUT2D eigenvalue weighted by atomic mass is 9.97. The van der Waals surface area contributed by atoms with Crippen LogP contribution in [0.4, 0.5) is 0 Å². The monoisotopic (exact) mass is 300 g/mol. The Morgan fingerprint density at radius 2 is 1.95 bits per heavy atom. The first-order chi connectivity index (χ1) is 8.61. The predicted molar refractivity (Wildman–Crippen MR) is 56.1 cm³/mol. The highest BCUT2D eigenvalue weighted by molar-refractivity contribution is 7.80. The van der Waals surface area contributed by atoms with Crippen LogP contribution in [0.25, 0.3) is 0 Å². The number of aliphatic hydroxyl groups excluding tert-OH is 3.